The van der Waals surface area contributed by atoms with Gasteiger partial charge >= 0.3 is 0 Å². The molecular weight excluding hydrogens is 530 g/mol. The number of rotatable bonds is 11. The molecule has 3 aromatic carbocycles. The normalized spacial score (nSPS) is 11.6. The number of aryl methyl sites for hydroxylation is 2. The number of hydrazone groups is 1. The fourth-order valence-electron chi connectivity index (χ4n) is 3.90. The average molecular weight is 562 g/mol. The number of methoxy groups -OCH3 is 2. The predicted molar refractivity (Wildman–Crippen MR) is 152 cm³/mol. The van der Waals surface area contributed by atoms with Gasteiger partial charge in [0.25, 0.3) is 5.91 Å². The van der Waals surface area contributed by atoms with Crippen LogP contribution < -0.4 is 14.9 Å². The van der Waals surface area contributed by atoms with Crippen molar-refractivity contribution in [1.82, 2.24) is 9.73 Å². The maximum Gasteiger partial charge on any atom is 0.271 e. The van der Waals surface area contributed by atoms with E-state index in [1.165, 1.54) is 24.7 Å². The molecule has 0 spiro atoms. The van der Waals surface area contributed by atoms with E-state index in [4.69, 9.17) is 13.9 Å². The highest BCUT2D eigenvalue weighted by Gasteiger charge is 2.26. The van der Waals surface area contributed by atoms with Crippen molar-refractivity contribution in [3.63, 3.8) is 0 Å². The van der Waals surface area contributed by atoms with Crippen molar-refractivity contribution < 1.29 is 27.1 Å². The van der Waals surface area contributed by atoms with Crippen LogP contribution in [0.25, 0.3) is 0 Å². The lowest BCUT2D eigenvalue weighted by Crippen LogP contribution is -2.30. The van der Waals surface area contributed by atoms with Crippen molar-refractivity contribution in [2.24, 2.45) is 5.10 Å². The number of furan rings is 1. The van der Waals surface area contributed by atoms with E-state index in [1.807, 2.05) is 38.1 Å². The minimum atomic E-state index is -3.82. The van der Waals surface area contributed by atoms with Gasteiger partial charge < -0.3 is 13.9 Å². The largest absolute Gasteiger partial charge is 0.493 e. The lowest BCUT2D eigenvalue weighted by Gasteiger charge is -2.21. The van der Waals surface area contributed by atoms with Gasteiger partial charge in [0.15, 0.2) is 11.5 Å². The Morgan fingerprint density at radius 3 is 2.17 bits per heavy atom. The first-order valence-corrected chi connectivity index (χ1v) is 13.9. The molecule has 4 aromatic rings. The Morgan fingerprint density at radius 1 is 0.875 bits per heavy atom. The number of carbonyl (C=O) groups is 1. The van der Waals surface area contributed by atoms with E-state index < -0.39 is 15.9 Å². The lowest BCUT2D eigenvalue weighted by atomic mass is 10.1. The second kappa shape index (κ2) is 12.6. The zero-order chi connectivity index (χ0) is 28.7. The van der Waals surface area contributed by atoms with E-state index in [1.54, 1.807) is 54.6 Å². The molecule has 1 amide bonds. The van der Waals surface area contributed by atoms with Gasteiger partial charge in [-0.2, -0.15) is 9.41 Å². The summed E-state index contributed by atoms with van der Waals surface area (Å²) in [5.74, 6) is 1.26. The standard InChI is InChI=1S/C30H31N3O6S/c1-21-5-9-23(10-6-21)19-33(40(35,36)27-14-7-22(2)8-15-27)20-26-13-12-25(39-26)18-31-32-30(34)24-11-16-28(37-3)29(17-24)38-4/h5-18H,19-20H2,1-4H3,(H,32,34)/b31-18-. The summed E-state index contributed by atoms with van der Waals surface area (Å²) in [5, 5.41) is 3.97. The zero-order valence-corrected chi connectivity index (χ0v) is 23.6. The van der Waals surface area contributed by atoms with Crippen molar-refractivity contribution in [1.29, 1.82) is 0 Å². The summed E-state index contributed by atoms with van der Waals surface area (Å²) in [6.07, 6.45) is 1.35. The number of benzene rings is 3. The van der Waals surface area contributed by atoms with E-state index in [0.29, 0.717) is 28.6 Å². The Labute approximate surface area is 234 Å². The van der Waals surface area contributed by atoms with E-state index in [2.05, 4.69) is 10.5 Å². The average Bonchev–Trinajstić information content (AvgIpc) is 3.40. The van der Waals surface area contributed by atoms with Crippen LogP contribution in [0, 0.1) is 13.8 Å². The summed E-state index contributed by atoms with van der Waals surface area (Å²) in [6.45, 7) is 4.06. The molecule has 1 aromatic heterocycles. The van der Waals surface area contributed by atoms with Crippen LogP contribution in [0.5, 0.6) is 11.5 Å². The summed E-state index contributed by atoms with van der Waals surface area (Å²) < 4.78 is 44.8. The quantitative estimate of drug-likeness (QED) is 0.202. The van der Waals surface area contributed by atoms with Crippen molar-refractivity contribution in [2.45, 2.75) is 31.8 Å². The van der Waals surface area contributed by atoms with Gasteiger partial charge in [0.1, 0.15) is 11.5 Å². The number of carbonyl (C=O) groups excluding carboxylic acids is 1. The van der Waals surface area contributed by atoms with Crippen LogP contribution in [-0.2, 0) is 23.1 Å². The summed E-state index contributed by atoms with van der Waals surface area (Å²) in [6, 6.07) is 22.6. The van der Waals surface area contributed by atoms with Gasteiger partial charge in [0.05, 0.1) is 31.9 Å². The van der Waals surface area contributed by atoms with E-state index in [9.17, 15) is 13.2 Å². The SMILES string of the molecule is COc1ccc(C(=O)N/N=C\c2ccc(CN(Cc3ccc(C)cc3)S(=O)(=O)c3ccc(C)cc3)o2)cc1OC. The van der Waals surface area contributed by atoms with Crippen LogP contribution in [0.2, 0.25) is 0 Å². The van der Waals surface area contributed by atoms with Gasteiger partial charge in [0, 0.05) is 12.1 Å². The summed E-state index contributed by atoms with van der Waals surface area (Å²) >= 11 is 0. The molecule has 0 unspecified atom stereocenters. The molecule has 0 bridgehead atoms. The molecule has 1 heterocycles. The number of nitrogens with zero attached hydrogens (tertiary/aromatic N) is 2. The topological polar surface area (TPSA) is 110 Å². The smallest absolute Gasteiger partial charge is 0.271 e. The first-order valence-electron chi connectivity index (χ1n) is 12.5. The van der Waals surface area contributed by atoms with Gasteiger partial charge in [-0.05, 0) is 61.9 Å². The minimum Gasteiger partial charge on any atom is -0.493 e. The van der Waals surface area contributed by atoms with Gasteiger partial charge in [-0.1, -0.05) is 47.5 Å². The van der Waals surface area contributed by atoms with Crippen LogP contribution in [0.3, 0.4) is 0 Å². The molecule has 208 valence electrons. The second-order valence-corrected chi connectivity index (χ2v) is 11.1. The lowest BCUT2D eigenvalue weighted by molar-refractivity contribution is 0.0954. The van der Waals surface area contributed by atoms with Crippen molar-refractivity contribution >= 4 is 22.1 Å². The fourth-order valence-corrected chi connectivity index (χ4v) is 5.30. The maximum atomic E-state index is 13.6. The summed E-state index contributed by atoms with van der Waals surface area (Å²) in [5.41, 5.74) is 5.69. The fraction of sp³-hybridized carbons (Fsp3) is 0.200. The van der Waals surface area contributed by atoms with E-state index in [-0.39, 0.29) is 18.0 Å². The third kappa shape index (κ3) is 6.96. The molecule has 0 atom stereocenters. The van der Waals surface area contributed by atoms with Crippen molar-refractivity contribution in [3.05, 3.63) is 113 Å². The Hall–Kier alpha value is -4.41. The van der Waals surface area contributed by atoms with Crippen molar-refractivity contribution in [2.75, 3.05) is 14.2 Å². The third-order valence-electron chi connectivity index (χ3n) is 6.16. The number of amides is 1. The molecule has 0 saturated carbocycles. The van der Waals surface area contributed by atoms with Crippen LogP contribution in [0.1, 0.15) is 38.6 Å². The molecule has 0 aliphatic heterocycles. The highest BCUT2D eigenvalue weighted by Crippen LogP contribution is 2.27. The number of sulfonamides is 1. The number of ether oxygens (including phenoxy) is 2. The molecule has 40 heavy (non-hydrogen) atoms. The molecule has 0 aliphatic carbocycles. The number of nitrogens with one attached hydrogen (secondary N) is 1. The van der Waals surface area contributed by atoms with Crippen LogP contribution in [0.15, 0.2) is 93.3 Å². The van der Waals surface area contributed by atoms with Gasteiger partial charge in [-0.25, -0.2) is 13.8 Å². The molecule has 0 fully saturated rings. The predicted octanol–water partition coefficient (Wildman–Crippen LogP) is 5.07. The van der Waals surface area contributed by atoms with E-state index in [0.717, 1.165) is 16.7 Å². The highest BCUT2D eigenvalue weighted by molar-refractivity contribution is 7.89. The Bertz CT molecular complexity index is 1590. The Kier molecular flexibility index (Phi) is 9.03. The first kappa shape index (κ1) is 28.6. The molecular formula is C30H31N3O6S. The Morgan fingerprint density at radius 2 is 1.52 bits per heavy atom. The number of hydrogen-bond donors (Lipinski definition) is 1. The van der Waals surface area contributed by atoms with Crippen molar-refractivity contribution in [3.8, 4) is 11.5 Å². The maximum absolute atomic E-state index is 13.6. The minimum absolute atomic E-state index is 0.00985. The van der Waals surface area contributed by atoms with Crippen LogP contribution in [0.4, 0.5) is 0 Å². The molecule has 9 nitrogen and oxygen atoms in total. The van der Waals surface area contributed by atoms with Crippen LogP contribution >= 0.6 is 0 Å². The highest BCUT2D eigenvalue weighted by atomic mass is 32.2. The van der Waals surface area contributed by atoms with Gasteiger partial charge in [-0.3, -0.25) is 4.79 Å². The molecule has 4 rings (SSSR count). The molecule has 10 heteroatoms. The molecule has 0 aliphatic rings. The molecule has 0 saturated heterocycles. The first-order chi connectivity index (χ1) is 19.2. The summed E-state index contributed by atoms with van der Waals surface area (Å²) in [4.78, 5) is 12.7. The van der Waals surface area contributed by atoms with Crippen LogP contribution in [-0.4, -0.2) is 39.1 Å². The second-order valence-electron chi connectivity index (χ2n) is 9.14. The summed E-state index contributed by atoms with van der Waals surface area (Å²) in [7, 11) is -0.822. The molecule has 1 N–H and O–H groups in total. The molecule has 0 radical (unpaired) electrons. The third-order valence-corrected chi connectivity index (χ3v) is 7.96. The van der Waals surface area contributed by atoms with Gasteiger partial charge in [0.2, 0.25) is 10.0 Å². The Balaban J connectivity index is 1.49. The van der Waals surface area contributed by atoms with E-state index >= 15 is 0 Å². The zero-order valence-electron chi connectivity index (χ0n) is 22.7. The van der Waals surface area contributed by atoms with Gasteiger partial charge in [-0.15, -0.1) is 0 Å². The monoisotopic (exact) mass is 561 g/mol. The number of hydrogen-bond acceptors (Lipinski definition) is 7.